The third-order valence-corrected chi connectivity index (χ3v) is 4.45. The minimum Gasteiger partial charge on any atom is -0.396 e. The Kier molecular flexibility index (Phi) is 5.90. The van der Waals surface area contributed by atoms with Gasteiger partial charge in [0.05, 0.1) is 0 Å². The number of aliphatic hydroxyl groups excluding tert-OH is 1. The molecule has 0 aromatic rings. The van der Waals surface area contributed by atoms with Crippen molar-refractivity contribution in [2.45, 2.75) is 45.6 Å². The number of hydrogen-bond donors (Lipinski definition) is 1. The Labute approximate surface area is 107 Å². The van der Waals surface area contributed by atoms with E-state index < -0.39 is 0 Å². The van der Waals surface area contributed by atoms with Crippen LogP contribution in [0.5, 0.6) is 0 Å². The summed E-state index contributed by atoms with van der Waals surface area (Å²) in [6.45, 7) is 8.16. The lowest BCUT2D eigenvalue weighted by molar-refractivity contribution is 0.0561. The molecule has 1 atom stereocenters. The second-order valence-corrected chi connectivity index (χ2v) is 5.89. The number of likely N-dealkylation sites (N-methyl/N-ethyl adjacent to an activating group) is 1. The zero-order valence-electron chi connectivity index (χ0n) is 12.1. The summed E-state index contributed by atoms with van der Waals surface area (Å²) in [6, 6.07) is 0.689. The van der Waals surface area contributed by atoms with E-state index in [1.165, 1.54) is 19.4 Å². The van der Waals surface area contributed by atoms with Gasteiger partial charge < -0.3 is 10.0 Å². The van der Waals surface area contributed by atoms with Crippen LogP contribution < -0.4 is 0 Å². The molecule has 1 N–H and O–H groups in total. The maximum Gasteiger partial charge on any atom is 0.0499 e. The molecule has 1 heterocycles. The summed E-state index contributed by atoms with van der Waals surface area (Å²) in [5, 5.41) is 9.67. The van der Waals surface area contributed by atoms with Gasteiger partial charge >= 0.3 is 0 Å². The number of aliphatic hydroxyl groups is 1. The molecular formula is C14H30N2O. The molecule has 1 rings (SSSR count). The predicted octanol–water partition coefficient (Wildman–Crippen LogP) is 1.81. The lowest BCUT2D eigenvalue weighted by Gasteiger charge is -2.37. The molecule has 0 saturated carbocycles. The Morgan fingerprint density at radius 1 is 1.29 bits per heavy atom. The van der Waals surface area contributed by atoms with Gasteiger partial charge in [0.2, 0.25) is 0 Å². The number of nitrogens with zero attached hydrogens (tertiary/aromatic N) is 2. The van der Waals surface area contributed by atoms with E-state index in [1.54, 1.807) is 0 Å². The van der Waals surface area contributed by atoms with Gasteiger partial charge in [0.25, 0.3) is 0 Å². The summed E-state index contributed by atoms with van der Waals surface area (Å²) in [5.41, 5.74) is 0.120. The molecule has 0 aromatic heterocycles. The largest absolute Gasteiger partial charge is 0.396 e. The van der Waals surface area contributed by atoms with Crippen molar-refractivity contribution in [2.75, 3.05) is 40.3 Å². The summed E-state index contributed by atoms with van der Waals surface area (Å²) >= 11 is 0. The van der Waals surface area contributed by atoms with E-state index in [0.717, 1.165) is 25.9 Å². The van der Waals surface area contributed by atoms with Gasteiger partial charge in [0.15, 0.2) is 0 Å². The third kappa shape index (κ3) is 3.94. The molecule has 1 fully saturated rings. The molecular weight excluding hydrogens is 212 g/mol. The zero-order chi connectivity index (χ0) is 12.9. The monoisotopic (exact) mass is 242 g/mol. The topological polar surface area (TPSA) is 26.7 Å². The van der Waals surface area contributed by atoms with E-state index in [2.05, 4.69) is 37.7 Å². The molecule has 0 aliphatic carbocycles. The van der Waals surface area contributed by atoms with Gasteiger partial charge in [0, 0.05) is 31.2 Å². The molecule has 1 unspecified atom stereocenters. The first-order valence-electron chi connectivity index (χ1n) is 7.06. The summed E-state index contributed by atoms with van der Waals surface area (Å²) < 4.78 is 0. The molecule has 0 spiro atoms. The molecule has 3 nitrogen and oxygen atoms in total. The molecule has 0 amide bonds. The SMILES string of the molecule is CCC(CC)(CO)CN1CCCC1CN(C)C. The molecule has 0 bridgehead atoms. The van der Waals surface area contributed by atoms with Crippen LogP contribution in [-0.2, 0) is 0 Å². The second kappa shape index (κ2) is 6.72. The molecule has 1 aliphatic heterocycles. The molecule has 17 heavy (non-hydrogen) atoms. The van der Waals surface area contributed by atoms with Crippen LogP contribution in [0.1, 0.15) is 39.5 Å². The van der Waals surface area contributed by atoms with Crippen LogP contribution in [0.4, 0.5) is 0 Å². The van der Waals surface area contributed by atoms with Gasteiger partial charge in [-0.15, -0.1) is 0 Å². The lowest BCUT2D eigenvalue weighted by Crippen LogP contribution is -2.45. The van der Waals surface area contributed by atoms with Crippen molar-refractivity contribution in [1.29, 1.82) is 0 Å². The van der Waals surface area contributed by atoms with Crippen LogP contribution in [-0.4, -0.2) is 61.3 Å². The summed E-state index contributed by atoms with van der Waals surface area (Å²) in [7, 11) is 4.30. The Balaban J connectivity index is 2.59. The highest BCUT2D eigenvalue weighted by molar-refractivity contribution is 4.87. The van der Waals surface area contributed by atoms with Crippen LogP contribution in [0.2, 0.25) is 0 Å². The van der Waals surface area contributed by atoms with Crippen molar-refractivity contribution in [1.82, 2.24) is 9.80 Å². The normalized spacial score (nSPS) is 22.6. The first-order chi connectivity index (χ1) is 8.06. The fraction of sp³-hybridized carbons (Fsp3) is 1.00. The van der Waals surface area contributed by atoms with Crippen molar-refractivity contribution < 1.29 is 5.11 Å². The summed E-state index contributed by atoms with van der Waals surface area (Å²) in [4.78, 5) is 4.88. The Hall–Kier alpha value is -0.120. The van der Waals surface area contributed by atoms with Gasteiger partial charge in [-0.3, -0.25) is 4.90 Å². The standard InChI is InChI=1S/C14H30N2O/c1-5-14(6-2,12-17)11-16-9-7-8-13(16)10-15(3)4/h13,17H,5-12H2,1-4H3. The van der Waals surface area contributed by atoms with Crippen molar-refractivity contribution >= 4 is 0 Å². The smallest absolute Gasteiger partial charge is 0.0499 e. The highest BCUT2D eigenvalue weighted by Crippen LogP contribution is 2.30. The van der Waals surface area contributed by atoms with Crippen LogP contribution in [0.3, 0.4) is 0 Å². The minimum absolute atomic E-state index is 0.120. The van der Waals surface area contributed by atoms with Crippen molar-refractivity contribution in [3.63, 3.8) is 0 Å². The van der Waals surface area contributed by atoms with Gasteiger partial charge in [0.1, 0.15) is 0 Å². The molecule has 0 radical (unpaired) electrons. The molecule has 1 aliphatic rings. The Bertz CT molecular complexity index is 206. The third-order valence-electron chi connectivity index (χ3n) is 4.45. The molecule has 0 aromatic carbocycles. The summed E-state index contributed by atoms with van der Waals surface area (Å²) in [5.74, 6) is 0. The Morgan fingerprint density at radius 2 is 1.94 bits per heavy atom. The van der Waals surface area contributed by atoms with Crippen molar-refractivity contribution in [2.24, 2.45) is 5.41 Å². The minimum atomic E-state index is 0.120. The fourth-order valence-corrected chi connectivity index (χ4v) is 2.91. The van der Waals surface area contributed by atoms with Gasteiger partial charge in [-0.2, -0.15) is 0 Å². The summed E-state index contributed by atoms with van der Waals surface area (Å²) in [6.07, 6.45) is 4.77. The maximum absolute atomic E-state index is 9.67. The molecule has 3 heteroatoms. The Morgan fingerprint density at radius 3 is 2.41 bits per heavy atom. The average Bonchev–Trinajstić information content (AvgIpc) is 2.72. The van der Waals surface area contributed by atoms with E-state index in [4.69, 9.17) is 0 Å². The zero-order valence-corrected chi connectivity index (χ0v) is 12.1. The van der Waals surface area contributed by atoms with Crippen LogP contribution >= 0.6 is 0 Å². The van der Waals surface area contributed by atoms with Crippen molar-refractivity contribution in [3.05, 3.63) is 0 Å². The lowest BCUT2D eigenvalue weighted by atomic mass is 9.82. The van der Waals surface area contributed by atoms with E-state index in [1.807, 2.05) is 0 Å². The molecule has 102 valence electrons. The van der Waals surface area contributed by atoms with E-state index in [9.17, 15) is 5.11 Å². The maximum atomic E-state index is 9.67. The van der Waals surface area contributed by atoms with Crippen LogP contribution in [0.25, 0.3) is 0 Å². The second-order valence-electron chi connectivity index (χ2n) is 5.89. The first kappa shape index (κ1) is 14.9. The molecule has 1 saturated heterocycles. The number of rotatable bonds is 7. The van der Waals surface area contributed by atoms with Gasteiger partial charge in [-0.25, -0.2) is 0 Å². The fourth-order valence-electron chi connectivity index (χ4n) is 2.91. The average molecular weight is 242 g/mol. The predicted molar refractivity (Wildman–Crippen MR) is 73.2 cm³/mol. The van der Waals surface area contributed by atoms with E-state index in [-0.39, 0.29) is 5.41 Å². The highest BCUT2D eigenvalue weighted by Gasteiger charge is 2.33. The number of hydrogen-bond acceptors (Lipinski definition) is 3. The quantitative estimate of drug-likeness (QED) is 0.737. The van der Waals surface area contributed by atoms with E-state index >= 15 is 0 Å². The highest BCUT2D eigenvalue weighted by atomic mass is 16.3. The van der Waals surface area contributed by atoms with E-state index in [0.29, 0.717) is 12.6 Å². The van der Waals surface area contributed by atoms with Crippen LogP contribution in [0.15, 0.2) is 0 Å². The van der Waals surface area contributed by atoms with Gasteiger partial charge in [-0.05, 0) is 46.3 Å². The number of likely N-dealkylation sites (tertiary alicyclic amines) is 1. The van der Waals surface area contributed by atoms with Gasteiger partial charge in [-0.1, -0.05) is 13.8 Å². The van der Waals surface area contributed by atoms with Crippen molar-refractivity contribution in [3.8, 4) is 0 Å². The first-order valence-corrected chi connectivity index (χ1v) is 7.06. The van der Waals surface area contributed by atoms with Crippen LogP contribution in [0, 0.1) is 5.41 Å².